The quantitative estimate of drug-likeness (QED) is 0.614. The van der Waals surface area contributed by atoms with Crippen molar-refractivity contribution in [3.05, 3.63) is 59.4 Å². The first-order valence-electron chi connectivity index (χ1n) is 8.78. The normalized spacial score (nSPS) is 22.2. The number of nitrogens with zero attached hydrogens (tertiary/aromatic N) is 1. The van der Waals surface area contributed by atoms with Crippen LogP contribution in [0.2, 0.25) is 0 Å². The largest absolute Gasteiger partial charge is 0.388 e. The van der Waals surface area contributed by atoms with E-state index in [9.17, 15) is 5.11 Å². The number of H-pyrrole nitrogens is 1. The first kappa shape index (κ1) is 17.0. The van der Waals surface area contributed by atoms with Crippen molar-refractivity contribution in [3.63, 3.8) is 0 Å². The molecule has 0 fully saturated rings. The summed E-state index contributed by atoms with van der Waals surface area (Å²) < 4.78 is 11.1. The zero-order valence-electron chi connectivity index (χ0n) is 14.9. The van der Waals surface area contributed by atoms with E-state index in [1.807, 2.05) is 49.4 Å². The van der Waals surface area contributed by atoms with Gasteiger partial charge in [-0.25, -0.2) is 4.98 Å². The van der Waals surface area contributed by atoms with Crippen LogP contribution in [0.4, 0.5) is 5.69 Å². The molecular formula is C20H23N3O3. The molecule has 4 rings (SSSR count). The van der Waals surface area contributed by atoms with Gasteiger partial charge < -0.3 is 24.9 Å². The first-order chi connectivity index (χ1) is 12.7. The molecule has 0 aliphatic carbocycles. The second kappa shape index (κ2) is 7.07. The Bertz CT molecular complexity index is 894. The van der Waals surface area contributed by atoms with E-state index >= 15 is 0 Å². The number of ether oxygens (including phenoxy) is 2. The summed E-state index contributed by atoms with van der Waals surface area (Å²) in [5.41, 5.74) is 4.67. The summed E-state index contributed by atoms with van der Waals surface area (Å²) in [4.78, 5) is 7.90. The van der Waals surface area contributed by atoms with E-state index in [2.05, 4.69) is 15.3 Å². The van der Waals surface area contributed by atoms with Gasteiger partial charge in [0.1, 0.15) is 23.5 Å². The summed E-state index contributed by atoms with van der Waals surface area (Å²) >= 11 is 0. The van der Waals surface area contributed by atoms with Crippen molar-refractivity contribution in [1.29, 1.82) is 0 Å². The average Bonchev–Trinajstić information content (AvgIpc) is 3.04. The highest BCUT2D eigenvalue weighted by atomic mass is 16.5. The molecule has 0 unspecified atom stereocenters. The summed E-state index contributed by atoms with van der Waals surface area (Å²) in [5, 5.41) is 14.5. The molecule has 1 aliphatic rings. The van der Waals surface area contributed by atoms with Gasteiger partial charge in [-0.05, 0) is 18.6 Å². The number of aromatic amines is 1. The van der Waals surface area contributed by atoms with Gasteiger partial charge in [-0.1, -0.05) is 36.4 Å². The molecule has 26 heavy (non-hydrogen) atoms. The van der Waals surface area contributed by atoms with Gasteiger partial charge in [0.25, 0.3) is 0 Å². The highest BCUT2D eigenvalue weighted by Crippen LogP contribution is 2.43. The number of benzene rings is 2. The standard InChI is InChI=1S/C20H23N3O3/c1-12-21-15-9-8-14-17(18(15)22-12)23-16(13-6-4-3-5-7-13)19(24)20(14)26-11-10-25-2/h3-9,16,19-20,23-24H,10-11H2,1-2H3,(H,21,22)/t16-,19-,20+/m1/s1. The smallest absolute Gasteiger partial charge is 0.113 e. The van der Waals surface area contributed by atoms with Crippen LogP contribution in [0.3, 0.4) is 0 Å². The van der Waals surface area contributed by atoms with Crippen LogP contribution in [-0.2, 0) is 9.47 Å². The van der Waals surface area contributed by atoms with Crippen molar-refractivity contribution in [2.24, 2.45) is 0 Å². The maximum atomic E-state index is 11.0. The number of anilines is 1. The molecule has 6 heteroatoms. The SMILES string of the molecule is COCCO[C@H]1c2ccc3[nH]c(C)nc3c2N[C@H](c2ccccc2)[C@H]1O. The molecule has 0 radical (unpaired) electrons. The van der Waals surface area contributed by atoms with Gasteiger partial charge in [-0.15, -0.1) is 0 Å². The second-order valence-corrected chi connectivity index (χ2v) is 6.56. The van der Waals surface area contributed by atoms with Gasteiger partial charge in [0.05, 0.1) is 30.5 Å². The van der Waals surface area contributed by atoms with Crippen LogP contribution in [0.25, 0.3) is 11.0 Å². The number of aromatic nitrogens is 2. The fraction of sp³-hybridized carbons (Fsp3) is 0.350. The lowest BCUT2D eigenvalue weighted by Gasteiger charge is -2.38. The Balaban J connectivity index is 1.80. The molecule has 3 aromatic rings. The van der Waals surface area contributed by atoms with E-state index in [0.717, 1.165) is 33.7 Å². The van der Waals surface area contributed by atoms with Crippen molar-refractivity contribution in [1.82, 2.24) is 9.97 Å². The molecular weight excluding hydrogens is 330 g/mol. The van der Waals surface area contributed by atoms with E-state index in [4.69, 9.17) is 9.47 Å². The molecule has 0 amide bonds. The zero-order chi connectivity index (χ0) is 18.1. The van der Waals surface area contributed by atoms with E-state index in [0.29, 0.717) is 13.2 Å². The molecule has 1 aromatic heterocycles. The molecule has 0 saturated heterocycles. The van der Waals surface area contributed by atoms with Crippen molar-refractivity contribution in [3.8, 4) is 0 Å². The Hall–Kier alpha value is -2.41. The number of hydrogen-bond donors (Lipinski definition) is 3. The molecule has 0 saturated carbocycles. The Morgan fingerprint density at radius 1 is 1.12 bits per heavy atom. The van der Waals surface area contributed by atoms with Gasteiger partial charge in [0.15, 0.2) is 0 Å². The van der Waals surface area contributed by atoms with Crippen LogP contribution in [0.15, 0.2) is 42.5 Å². The zero-order valence-corrected chi connectivity index (χ0v) is 14.9. The Morgan fingerprint density at radius 3 is 2.69 bits per heavy atom. The van der Waals surface area contributed by atoms with Crippen LogP contribution in [0.1, 0.15) is 29.1 Å². The summed E-state index contributed by atoms with van der Waals surface area (Å²) in [6, 6.07) is 13.6. The number of rotatable bonds is 5. The molecule has 6 nitrogen and oxygen atoms in total. The number of nitrogens with one attached hydrogen (secondary N) is 2. The van der Waals surface area contributed by atoms with Crippen LogP contribution in [0, 0.1) is 6.92 Å². The minimum atomic E-state index is -0.723. The lowest BCUT2D eigenvalue weighted by atomic mass is 9.88. The maximum absolute atomic E-state index is 11.0. The Morgan fingerprint density at radius 2 is 1.92 bits per heavy atom. The van der Waals surface area contributed by atoms with E-state index in [1.54, 1.807) is 7.11 Å². The number of methoxy groups -OCH3 is 1. The summed E-state index contributed by atoms with van der Waals surface area (Å²) in [6.07, 6.45) is -1.17. The van der Waals surface area contributed by atoms with Crippen molar-refractivity contribution >= 4 is 16.7 Å². The molecule has 3 atom stereocenters. The van der Waals surface area contributed by atoms with Gasteiger partial charge in [0, 0.05) is 12.7 Å². The Kier molecular flexibility index (Phi) is 4.63. The van der Waals surface area contributed by atoms with Crippen molar-refractivity contribution < 1.29 is 14.6 Å². The molecule has 0 spiro atoms. The van der Waals surface area contributed by atoms with E-state index < -0.39 is 12.2 Å². The van der Waals surface area contributed by atoms with E-state index in [1.165, 1.54) is 0 Å². The van der Waals surface area contributed by atoms with Gasteiger partial charge in [-0.3, -0.25) is 0 Å². The summed E-state index contributed by atoms with van der Waals surface area (Å²) in [7, 11) is 1.64. The maximum Gasteiger partial charge on any atom is 0.113 e. The number of aliphatic hydroxyl groups is 1. The third-order valence-electron chi connectivity index (χ3n) is 4.81. The summed E-state index contributed by atoms with van der Waals surface area (Å²) in [5.74, 6) is 0.856. The monoisotopic (exact) mass is 353 g/mol. The molecule has 1 aliphatic heterocycles. The van der Waals surface area contributed by atoms with Crippen molar-refractivity contribution in [2.75, 3.05) is 25.6 Å². The topological polar surface area (TPSA) is 79.4 Å². The lowest BCUT2D eigenvalue weighted by Crippen LogP contribution is -2.37. The molecule has 2 aromatic carbocycles. The number of hydrogen-bond acceptors (Lipinski definition) is 5. The minimum Gasteiger partial charge on any atom is -0.388 e. The van der Waals surface area contributed by atoms with Gasteiger partial charge in [-0.2, -0.15) is 0 Å². The first-order valence-corrected chi connectivity index (χ1v) is 8.78. The fourth-order valence-electron chi connectivity index (χ4n) is 3.59. The third-order valence-corrected chi connectivity index (χ3v) is 4.81. The predicted octanol–water partition coefficient (Wildman–Crippen LogP) is 3.10. The Labute approximate surface area is 152 Å². The van der Waals surface area contributed by atoms with E-state index in [-0.39, 0.29) is 6.04 Å². The van der Waals surface area contributed by atoms with Gasteiger partial charge >= 0.3 is 0 Å². The van der Waals surface area contributed by atoms with Crippen LogP contribution in [0.5, 0.6) is 0 Å². The molecule has 3 N–H and O–H groups in total. The van der Waals surface area contributed by atoms with Crippen LogP contribution >= 0.6 is 0 Å². The molecule has 136 valence electrons. The minimum absolute atomic E-state index is 0.279. The second-order valence-electron chi connectivity index (χ2n) is 6.56. The lowest BCUT2D eigenvalue weighted by molar-refractivity contribution is -0.0633. The van der Waals surface area contributed by atoms with Crippen LogP contribution < -0.4 is 5.32 Å². The van der Waals surface area contributed by atoms with Crippen LogP contribution in [-0.4, -0.2) is 41.5 Å². The highest BCUT2D eigenvalue weighted by molar-refractivity contribution is 5.91. The number of aryl methyl sites for hydroxylation is 1. The predicted molar refractivity (Wildman–Crippen MR) is 100 cm³/mol. The number of aliphatic hydroxyl groups excluding tert-OH is 1. The molecule has 2 heterocycles. The average molecular weight is 353 g/mol. The third kappa shape index (κ3) is 2.96. The summed E-state index contributed by atoms with van der Waals surface area (Å²) in [6.45, 7) is 2.83. The van der Waals surface area contributed by atoms with Crippen molar-refractivity contribution in [2.45, 2.75) is 25.2 Å². The number of fused-ring (bicyclic) bond motifs is 3. The van der Waals surface area contributed by atoms with Gasteiger partial charge in [0.2, 0.25) is 0 Å². The molecule has 0 bridgehead atoms. The fourth-order valence-corrected chi connectivity index (χ4v) is 3.59. The number of imidazole rings is 1. The highest BCUT2D eigenvalue weighted by Gasteiger charge is 2.38.